The number of hydrogen-bond donors (Lipinski definition) is 0. The monoisotopic (exact) mass is 412 g/mol. The molecule has 0 atom stereocenters. The lowest BCUT2D eigenvalue weighted by atomic mass is 10.2. The lowest BCUT2D eigenvalue weighted by Crippen LogP contribution is -2.50. The van der Waals surface area contributed by atoms with Gasteiger partial charge in [0.05, 0.1) is 17.9 Å². The molecule has 0 unspecified atom stereocenters. The molecule has 10 heteroatoms. The third-order valence-corrected chi connectivity index (χ3v) is 6.49. The van der Waals surface area contributed by atoms with Gasteiger partial charge in [-0.2, -0.15) is 4.31 Å². The minimum Gasteiger partial charge on any atom is -0.486 e. The fourth-order valence-corrected chi connectivity index (χ4v) is 4.55. The van der Waals surface area contributed by atoms with Gasteiger partial charge in [0.2, 0.25) is 15.9 Å². The summed E-state index contributed by atoms with van der Waals surface area (Å²) in [7, 11) is -3.69. The van der Waals surface area contributed by atoms with Crippen LogP contribution in [0, 0.1) is 0 Å². The number of ether oxygens (including phenoxy) is 3. The van der Waals surface area contributed by atoms with Gasteiger partial charge >= 0.3 is 5.97 Å². The molecule has 1 aromatic carbocycles. The fraction of sp³-hybridized carbons (Fsp3) is 0.556. The van der Waals surface area contributed by atoms with E-state index in [1.165, 1.54) is 16.4 Å². The van der Waals surface area contributed by atoms with E-state index in [1.807, 2.05) is 0 Å². The number of esters is 1. The van der Waals surface area contributed by atoms with Gasteiger partial charge in [0.1, 0.15) is 13.2 Å². The summed E-state index contributed by atoms with van der Waals surface area (Å²) in [5.74, 6) is 0.363. The number of amides is 1. The quantitative estimate of drug-likeness (QED) is 0.632. The highest BCUT2D eigenvalue weighted by Gasteiger charge is 2.31. The Balaban J connectivity index is 1.58. The first-order chi connectivity index (χ1) is 13.4. The van der Waals surface area contributed by atoms with E-state index in [0.717, 1.165) is 0 Å². The molecule has 0 aromatic heterocycles. The summed E-state index contributed by atoms with van der Waals surface area (Å²) in [6.07, 6.45) is 0.0934. The molecular formula is C18H24N2O7S. The first kappa shape index (κ1) is 20.4. The number of nitrogens with zero attached hydrogens (tertiary/aromatic N) is 2. The number of benzene rings is 1. The third-order valence-electron chi connectivity index (χ3n) is 4.59. The molecule has 9 nitrogen and oxygen atoms in total. The molecular weight excluding hydrogens is 388 g/mol. The van der Waals surface area contributed by atoms with E-state index in [2.05, 4.69) is 0 Å². The second-order valence-corrected chi connectivity index (χ2v) is 8.33. The van der Waals surface area contributed by atoms with Crippen LogP contribution in [0.4, 0.5) is 0 Å². The molecule has 154 valence electrons. The van der Waals surface area contributed by atoms with Crippen molar-refractivity contribution in [2.45, 2.75) is 24.7 Å². The molecule has 0 N–H and O–H groups in total. The molecule has 1 fully saturated rings. The van der Waals surface area contributed by atoms with Crippen molar-refractivity contribution < 1.29 is 32.2 Å². The molecule has 0 saturated carbocycles. The predicted octanol–water partition coefficient (Wildman–Crippen LogP) is 0.634. The fourth-order valence-electron chi connectivity index (χ4n) is 3.11. The average molecular weight is 412 g/mol. The maximum Gasteiger partial charge on any atom is 0.306 e. The molecule has 0 aliphatic carbocycles. The van der Waals surface area contributed by atoms with Gasteiger partial charge in [-0.25, -0.2) is 8.42 Å². The molecule has 0 spiro atoms. The summed E-state index contributed by atoms with van der Waals surface area (Å²) in [4.78, 5) is 25.3. The van der Waals surface area contributed by atoms with Crippen LogP contribution in [0.3, 0.4) is 0 Å². The van der Waals surface area contributed by atoms with Crippen LogP contribution in [-0.4, -0.2) is 75.5 Å². The molecule has 1 saturated heterocycles. The van der Waals surface area contributed by atoms with Crippen molar-refractivity contribution in [3.8, 4) is 11.5 Å². The zero-order valence-electron chi connectivity index (χ0n) is 15.8. The zero-order chi connectivity index (χ0) is 20.1. The Labute approximate surface area is 164 Å². The Morgan fingerprint density at radius 1 is 1.04 bits per heavy atom. The molecule has 2 heterocycles. The first-order valence-corrected chi connectivity index (χ1v) is 10.7. The van der Waals surface area contributed by atoms with Crippen LogP contribution in [0.1, 0.15) is 19.8 Å². The number of carbonyl (C=O) groups is 2. The van der Waals surface area contributed by atoms with E-state index in [9.17, 15) is 18.0 Å². The van der Waals surface area contributed by atoms with Crippen LogP contribution in [0.25, 0.3) is 0 Å². The largest absolute Gasteiger partial charge is 0.486 e. The van der Waals surface area contributed by atoms with Gasteiger partial charge in [-0.05, 0) is 19.1 Å². The van der Waals surface area contributed by atoms with Gasteiger partial charge in [0, 0.05) is 38.7 Å². The van der Waals surface area contributed by atoms with Crippen LogP contribution >= 0.6 is 0 Å². The molecule has 1 aromatic rings. The second-order valence-electron chi connectivity index (χ2n) is 6.40. The summed E-state index contributed by atoms with van der Waals surface area (Å²) < 4.78 is 42.9. The van der Waals surface area contributed by atoms with E-state index in [0.29, 0.717) is 24.7 Å². The van der Waals surface area contributed by atoms with E-state index in [-0.39, 0.29) is 56.4 Å². The van der Waals surface area contributed by atoms with Crippen molar-refractivity contribution in [1.82, 2.24) is 9.21 Å². The standard InChI is InChI=1S/C18H24N2O7S/c1-2-25-18(22)6-5-17(21)19-7-9-20(10-8-19)28(23,24)14-3-4-15-16(13-14)27-12-11-26-15/h3-4,13H,2,5-12H2,1H3. The van der Waals surface area contributed by atoms with Gasteiger partial charge in [0.25, 0.3) is 0 Å². The number of hydrogen-bond acceptors (Lipinski definition) is 7. The summed E-state index contributed by atoms with van der Waals surface area (Å²) >= 11 is 0. The maximum atomic E-state index is 12.9. The number of sulfonamides is 1. The topological polar surface area (TPSA) is 102 Å². The van der Waals surface area contributed by atoms with Gasteiger partial charge < -0.3 is 19.1 Å². The number of rotatable bonds is 6. The Hall–Kier alpha value is -2.33. The molecule has 28 heavy (non-hydrogen) atoms. The Kier molecular flexibility index (Phi) is 6.40. The SMILES string of the molecule is CCOC(=O)CCC(=O)N1CCN(S(=O)(=O)c2ccc3c(c2)OCCO3)CC1. The van der Waals surface area contributed by atoms with E-state index in [4.69, 9.17) is 14.2 Å². The number of fused-ring (bicyclic) bond motifs is 1. The van der Waals surface area contributed by atoms with Crippen LogP contribution in [0.15, 0.2) is 23.1 Å². The van der Waals surface area contributed by atoms with Crippen LogP contribution in [-0.2, 0) is 24.3 Å². The van der Waals surface area contributed by atoms with Crippen molar-refractivity contribution in [1.29, 1.82) is 0 Å². The van der Waals surface area contributed by atoms with Crippen molar-refractivity contribution in [2.24, 2.45) is 0 Å². The Morgan fingerprint density at radius 2 is 1.71 bits per heavy atom. The van der Waals surface area contributed by atoms with Crippen molar-refractivity contribution in [2.75, 3.05) is 46.0 Å². The molecule has 0 radical (unpaired) electrons. The van der Waals surface area contributed by atoms with E-state index < -0.39 is 16.0 Å². The lowest BCUT2D eigenvalue weighted by molar-refractivity contribution is -0.145. The minimum atomic E-state index is -3.69. The highest BCUT2D eigenvalue weighted by atomic mass is 32.2. The second kappa shape index (κ2) is 8.78. The summed E-state index contributed by atoms with van der Waals surface area (Å²) in [6.45, 7) is 3.76. The van der Waals surface area contributed by atoms with E-state index >= 15 is 0 Å². The Morgan fingerprint density at radius 3 is 2.39 bits per heavy atom. The minimum absolute atomic E-state index is 0.0301. The van der Waals surface area contributed by atoms with Gasteiger partial charge in [-0.3, -0.25) is 9.59 Å². The van der Waals surface area contributed by atoms with Gasteiger partial charge in [0.15, 0.2) is 11.5 Å². The average Bonchev–Trinajstić information content (AvgIpc) is 2.72. The van der Waals surface area contributed by atoms with Crippen molar-refractivity contribution in [3.63, 3.8) is 0 Å². The Bertz CT molecular complexity index is 832. The van der Waals surface area contributed by atoms with Crippen molar-refractivity contribution >= 4 is 21.9 Å². The zero-order valence-corrected chi connectivity index (χ0v) is 16.6. The molecule has 3 rings (SSSR count). The van der Waals surface area contributed by atoms with Crippen LogP contribution in [0.2, 0.25) is 0 Å². The summed E-state index contributed by atoms with van der Waals surface area (Å²) in [5, 5.41) is 0. The highest BCUT2D eigenvalue weighted by Crippen LogP contribution is 2.33. The predicted molar refractivity (Wildman–Crippen MR) is 98.6 cm³/mol. The number of carbonyl (C=O) groups excluding carboxylic acids is 2. The molecule has 0 bridgehead atoms. The highest BCUT2D eigenvalue weighted by molar-refractivity contribution is 7.89. The van der Waals surface area contributed by atoms with Crippen LogP contribution in [0.5, 0.6) is 11.5 Å². The molecule has 1 amide bonds. The van der Waals surface area contributed by atoms with Crippen molar-refractivity contribution in [3.05, 3.63) is 18.2 Å². The smallest absolute Gasteiger partial charge is 0.306 e. The lowest BCUT2D eigenvalue weighted by Gasteiger charge is -2.34. The normalized spacial score (nSPS) is 17.2. The van der Waals surface area contributed by atoms with Gasteiger partial charge in [-0.15, -0.1) is 0 Å². The summed E-state index contributed by atoms with van der Waals surface area (Å²) in [6, 6.07) is 4.57. The maximum absolute atomic E-state index is 12.9. The number of piperazine rings is 1. The summed E-state index contributed by atoms with van der Waals surface area (Å²) in [5.41, 5.74) is 0. The van der Waals surface area contributed by atoms with Gasteiger partial charge in [-0.1, -0.05) is 0 Å². The molecule has 2 aliphatic heterocycles. The third kappa shape index (κ3) is 4.56. The van der Waals surface area contributed by atoms with Crippen LogP contribution < -0.4 is 9.47 Å². The van der Waals surface area contributed by atoms with E-state index in [1.54, 1.807) is 17.9 Å². The molecule has 2 aliphatic rings. The first-order valence-electron chi connectivity index (χ1n) is 9.25.